The number of hydrogen-bond acceptors (Lipinski definition) is 1. The molecule has 1 nitrogen and oxygen atoms in total. The van der Waals surface area contributed by atoms with Crippen LogP contribution in [0.15, 0.2) is 66.4 Å². The molecule has 0 aliphatic heterocycles. The summed E-state index contributed by atoms with van der Waals surface area (Å²) in [5, 5.41) is 0. The van der Waals surface area contributed by atoms with Crippen LogP contribution in [0.1, 0.15) is 24.6 Å². The Morgan fingerprint density at radius 2 is 1.72 bits per heavy atom. The second-order valence-corrected chi connectivity index (χ2v) is 4.59. The van der Waals surface area contributed by atoms with E-state index in [0.29, 0.717) is 0 Å². The van der Waals surface area contributed by atoms with Crippen molar-refractivity contribution in [1.82, 2.24) is 4.98 Å². The molecule has 1 heteroatoms. The van der Waals surface area contributed by atoms with Gasteiger partial charge in [0.15, 0.2) is 0 Å². The molecule has 1 aromatic heterocycles. The first-order chi connectivity index (χ1) is 8.84. The van der Waals surface area contributed by atoms with Crippen LogP contribution in [0.2, 0.25) is 0 Å². The van der Waals surface area contributed by atoms with Crippen molar-refractivity contribution in [1.29, 1.82) is 0 Å². The van der Waals surface area contributed by atoms with Gasteiger partial charge in [-0.05, 0) is 41.3 Å². The largest absolute Gasteiger partial charge is 0.257 e. The van der Waals surface area contributed by atoms with Crippen molar-refractivity contribution in [2.45, 2.75) is 13.3 Å². The molecule has 0 fully saturated rings. The average molecular weight is 233 g/mol. The number of aromatic nitrogens is 1. The Kier molecular flexibility index (Phi) is 2.81. The number of allylic oxidation sites excluding steroid dienone is 4. The summed E-state index contributed by atoms with van der Waals surface area (Å²) >= 11 is 0. The maximum atomic E-state index is 4.45. The van der Waals surface area contributed by atoms with Crippen molar-refractivity contribution >= 4 is 11.1 Å². The Morgan fingerprint density at radius 3 is 2.44 bits per heavy atom. The smallest absolute Gasteiger partial charge is 0.0667 e. The summed E-state index contributed by atoms with van der Waals surface area (Å²) in [5.74, 6) is 0. The highest BCUT2D eigenvalue weighted by molar-refractivity contribution is 5.88. The third-order valence-electron chi connectivity index (χ3n) is 3.35. The number of nitrogens with zero attached hydrogens (tertiary/aromatic N) is 1. The lowest BCUT2D eigenvalue weighted by atomic mass is 10.0. The third-order valence-corrected chi connectivity index (χ3v) is 3.35. The van der Waals surface area contributed by atoms with Crippen LogP contribution >= 0.6 is 0 Å². The van der Waals surface area contributed by atoms with Gasteiger partial charge in [0.2, 0.25) is 0 Å². The molecule has 0 radical (unpaired) electrons. The molecule has 0 spiro atoms. The molecule has 0 saturated carbocycles. The molecule has 2 aromatic rings. The zero-order chi connectivity index (χ0) is 12.4. The van der Waals surface area contributed by atoms with Crippen LogP contribution < -0.4 is 0 Å². The topological polar surface area (TPSA) is 12.9 Å². The molecule has 18 heavy (non-hydrogen) atoms. The molecular weight excluding hydrogens is 218 g/mol. The maximum Gasteiger partial charge on any atom is 0.0667 e. The Hall–Kier alpha value is -2.15. The molecule has 0 atom stereocenters. The van der Waals surface area contributed by atoms with E-state index in [-0.39, 0.29) is 0 Å². The highest BCUT2D eigenvalue weighted by atomic mass is 14.7. The van der Waals surface area contributed by atoms with E-state index < -0.39 is 0 Å². The van der Waals surface area contributed by atoms with Gasteiger partial charge in [-0.2, -0.15) is 0 Å². The van der Waals surface area contributed by atoms with E-state index in [1.807, 2.05) is 18.3 Å². The summed E-state index contributed by atoms with van der Waals surface area (Å²) in [6.45, 7) is 2.17. The van der Waals surface area contributed by atoms with Gasteiger partial charge in [-0.25, -0.2) is 0 Å². The molecule has 1 aromatic carbocycles. The van der Waals surface area contributed by atoms with Gasteiger partial charge in [0.05, 0.1) is 5.69 Å². The van der Waals surface area contributed by atoms with Crippen LogP contribution in [-0.4, -0.2) is 4.98 Å². The van der Waals surface area contributed by atoms with E-state index in [9.17, 15) is 0 Å². The van der Waals surface area contributed by atoms with Crippen LogP contribution in [0, 0.1) is 0 Å². The zero-order valence-electron chi connectivity index (χ0n) is 10.4. The second kappa shape index (κ2) is 4.61. The fraction of sp³-hybridized carbons (Fsp3) is 0.118. The monoisotopic (exact) mass is 233 g/mol. The van der Waals surface area contributed by atoms with E-state index in [4.69, 9.17) is 0 Å². The fourth-order valence-electron chi connectivity index (χ4n) is 2.40. The SMILES string of the molecule is CC1=C(c2ccccn2)CC(c2ccccc2)=C1. The van der Waals surface area contributed by atoms with Gasteiger partial charge in [0.25, 0.3) is 0 Å². The number of rotatable bonds is 2. The van der Waals surface area contributed by atoms with Crippen LogP contribution in [0.4, 0.5) is 0 Å². The highest BCUT2D eigenvalue weighted by Crippen LogP contribution is 2.36. The summed E-state index contributed by atoms with van der Waals surface area (Å²) in [4.78, 5) is 4.45. The third kappa shape index (κ3) is 2.00. The summed E-state index contributed by atoms with van der Waals surface area (Å²) in [5.41, 5.74) is 6.45. The quantitative estimate of drug-likeness (QED) is 0.751. The van der Waals surface area contributed by atoms with Gasteiger partial charge in [0, 0.05) is 12.6 Å². The van der Waals surface area contributed by atoms with Crippen LogP contribution in [0.3, 0.4) is 0 Å². The minimum atomic E-state index is 0.979. The van der Waals surface area contributed by atoms with Gasteiger partial charge in [0.1, 0.15) is 0 Å². The molecule has 3 rings (SSSR count). The zero-order valence-corrected chi connectivity index (χ0v) is 10.4. The van der Waals surface area contributed by atoms with E-state index in [0.717, 1.165) is 12.1 Å². The van der Waals surface area contributed by atoms with Crippen molar-refractivity contribution in [2.24, 2.45) is 0 Å². The Labute approximate surface area is 108 Å². The van der Waals surface area contributed by atoms with Crippen LogP contribution in [-0.2, 0) is 0 Å². The molecule has 1 aliphatic rings. The number of benzene rings is 1. The molecular formula is C17H15N. The predicted molar refractivity (Wildman–Crippen MR) is 75.9 cm³/mol. The van der Waals surface area contributed by atoms with Gasteiger partial charge in [-0.15, -0.1) is 0 Å². The molecule has 1 heterocycles. The van der Waals surface area contributed by atoms with Crippen molar-refractivity contribution in [3.8, 4) is 0 Å². The fourth-order valence-corrected chi connectivity index (χ4v) is 2.40. The normalized spacial score (nSPS) is 14.8. The van der Waals surface area contributed by atoms with Crippen molar-refractivity contribution in [2.75, 3.05) is 0 Å². The summed E-state index contributed by atoms with van der Waals surface area (Å²) < 4.78 is 0. The van der Waals surface area contributed by atoms with E-state index in [1.54, 1.807) is 0 Å². The Bertz CT molecular complexity index is 607. The van der Waals surface area contributed by atoms with E-state index >= 15 is 0 Å². The van der Waals surface area contributed by atoms with Gasteiger partial charge in [-0.1, -0.05) is 42.5 Å². The molecule has 0 amide bonds. The van der Waals surface area contributed by atoms with Gasteiger partial charge >= 0.3 is 0 Å². The van der Waals surface area contributed by atoms with Gasteiger partial charge in [-0.3, -0.25) is 4.98 Å². The first kappa shape index (κ1) is 11.0. The standard InChI is InChI=1S/C17H15N/c1-13-11-15(14-7-3-2-4-8-14)12-16(13)17-9-5-6-10-18-17/h2-11H,12H2,1H3. The number of hydrogen-bond donors (Lipinski definition) is 0. The van der Waals surface area contributed by atoms with Crippen molar-refractivity contribution in [3.05, 3.63) is 77.6 Å². The molecule has 0 bridgehead atoms. The second-order valence-electron chi connectivity index (χ2n) is 4.59. The average Bonchev–Trinajstić information content (AvgIpc) is 2.83. The number of pyridine rings is 1. The minimum absolute atomic E-state index is 0.979. The molecule has 0 saturated heterocycles. The van der Waals surface area contributed by atoms with Crippen LogP contribution in [0.5, 0.6) is 0 Å². The van der Waals surface area contributed by atoms with Crippen LogP contribution in [0.25, 0.3) is 11.1 Å². The Balaban J connectivity index is 1.90. The van der Waals surface area contributed by atoms with Crippen molar-refractivity contribution < 1.29 is 0 Å². The van der Waals surface area contributed by atoms with E-state index in [2.05, 4.69) is 54.4 Å². The highest BCUT2D eigenvalue weighted by Gasteiger charge is 2.16. The lowest BCUT2D eigenvalue weighted by Gasteiger charge is -2.05. The van der Waals surface area contributed by atoms with Crippen molar-refractivity contribution in [3.63, 3.8) is 0 Å². The molecule has 88 valence electrons. The predicted octanol–water partition coefficient (Wildman–Crippen LogP) is 4.34. The molecule has 1 aliphatic carbocycles. The summed E-state index contributed by atoms with van der Waals surface area (Å²) in [7, 11) is 0. The van der Waals surface area contributed by atoms with Gasteiger partial charge < -0.3 is 0 Å². The molecule has 0 unspecified atom stereocenters. The summed E-state index contributed by atoms with van der Waals surface area (Å²) in [6, 6.07) is 16.7. The minimum Gasteiger partial charge on any atom is -0.257 e. The van der Waals surface area contributed by atoms with E-state index in [1.165, 1.54) is 22.3 Å². The first-order valence-electron chi connectivity index (χ1n) is 6.22. The lowest BCUT2D eigenvalue weighted by Crippen LogP contribution is -1.88. The Morgan fingerprint density at radius 1 is 0.944 bits per heavy atom. The first-order valence-corrected chi connectivity index (χ1v) is 6.22. The molecule has 0 N–H and O–H groups in total. The lowest BCUT2D eigenvalue weighted by molar-refractivity contribution is 1.24. The maximum absolute atomic E-state index is 4.45. The summed E-state index contributed by atoms with van der Waals surface area (Å²) in [6.07, 6.45) is 5.11.